The first-order valence-electron chi connectivity index (χ1n) is 7.01. The molecule has 22 heavy (non-hydrogen) atoms. The van der Waals surface area contributed by atoms with Gasteiger partial charge in [0.15, 0.2) is 6.10 Å². The average Bonchev–Trinajstić information content (AvgIpc) is 2.96. The van der Waals surface area contributed by atoms with Crippen LogP contribution >= 0.6 is 11.6 Å². The molecule has 0 unspecified atom stereocenters. The largest absolute Gasteiger partial charge is 0.497 e. The Morgan fingerprint density at radius 2 is 2.23 bits per heavy atom. The van der Waals surface area contributed by atoms with Crippen molar-refractivity contribution in [2.24, 2.45) is 0 Å². The highest BCUT2D eigenvalue weighted by atomic mass is 35.5. The van der Waals surface area contributed by atoms with Crippen LogP contribution in [0.15, 0.2) is 42.5 Å². The first kappa shape index (κ1) is 14.7. The van der Waals surface area contributed by atoms with E-state index in [1.165, 1.54) is 0 Å². The van der Waals surface area contributed by atoms with Gasteiger partial charge in [0.25, 0.3) is 5.91 Å². The summed E-state index contributed by atoms with van der Waals surface area (Å²) in [6.45, 7) is 0.437. The van der Waals surface area contributed by atoms with E-state index in [0.717, 1.165) is 22.6 Å². The van der Waals surface area contributed by atoms with Gasteiger partial charge in [-0.05, 0) is 41.5 Å². The van der Waals surface area contributed by atoms with Crippen molar-refractivity contribution >= 4 is 17.5 Å². The average molecular weight is 318 g/mol. The molecule has 1 heterocycles. The van der Waals surface area contributed by atoms with E-state index in [1.807, 2.05) is 30.3 Å². The van der Waals surface area contributed by atoms with Crippen molar-refractivity contribution in [2.45, 2.75) is 19.1 Å². The second-order valence-corrected chi connectivity index (χ2v) is 5.57. The minimum absolute atomic E-state index is 0.129. The number of hydrogen-bond acceptors (Lipinski definition) is 3. The molecular formula is C17H16ClNO3. The maximum absolute atomic E-state index is 12.2. The Morgan fingerprint density at radius 1 is 1.36 bits per heavy atom. The van der Waals surface area contributed by atoms with E-state index in [1.54, 1.807) is 19.2 Å². The number of benzene rings is 2. The Bertz CT molecular complexity index is 702. The summed E-state index contributed by atoms with van der Waals surface area (Å²) in [5, 5.41) is 3.54. The summed E-state index contributed by atoms with van der Waals surface area (Å²) < 4.78 is 10.8. The number of carbonyl (C=O) groups is 1. The highest BCUT2D eigenvalue weighted by molar-refractivity contribution is 6.30. The monoisotopic (exact) mass is 317 g/mol. The molecule has 3 rings (SSSR count). The van der Waals surface area contributed by atoms with E-state index >= 15 is 0 Å². The van der Waals surface area contributed by atoms with Crippen molar-refractivity contribution in [1.29, 1.82) is 0 Å². The van der Waals surface area contributed by atoms with Crippen LogP contribution in [-0.2, 0) is 17.8 Å². The third kappa shape index (κ3) is 3.17. The molecule has 0 saturated heterocycles. The minimum Gasteiger partial charge on any atom is -0.497 e. The number of hydrogen-bond donors (Lipinski definition) is 1. The second-order valence-electron chi connectivity index (χ2n) is 5.13. The number of fused-ring (bicyclic) bond motifs is 1. The molecule has 0 aromatic heterocycles. The second kappa shape index (κ2) is 6.28. The van der Waals surface area contributed by atoms with Gasteiger partial charge in [0.1, 0.15) is 11.5 Å². The Kier molecular flexibility index (Phi) is 4.20. The lowest BCUT2D eigenvalue weighted by Crippen LogP contribution is -2.37. The third-order valence-electron chi connectivity index (χ3n) is 3.59. The molecule has 1 atom stereocenters. The summed E-state index contributed by atoms with van der Waals surface area (Å²) in [5.74, 6) is 1.37. The molecule has 1 N–H and O–H groups in total. The van der Waals surface area contributed by atoms with Crippen molar-refractivity contribution in [1.82, 2.24) is 5.32 Å². The van der Waals surface area contributed by atoms with E-state index in [9.17, 15) is 4.79 Å². The number of ether oxygens (including phenoxy) is 2. The molecule has 0 spiro atoms. The van der Waals surface area contributed by atoms with Gasteiger partial charge in [-0.15, -0.1) is 0 Å². The van der Waals surface area contributed by atoms with E-state index in [4.69, 9.17) is 21.1 Å². The fraction of sp³-hybridized carbons (Fsp3) is 0.235. The number of amides is 1. The molecule has 0 fully saturated rings. The molecule has 0 saturated carbocycles. The van der Waals surface area contributed by atoms with Gasteiger partial charge in [-0.3, -0.25) is 4.79 Å². The fourth-order valence-electron chi connectivity index (χ4n) is 2.45. The smallest absolute Gasteiger partial charge is 0.261 e. The maximum Gasteiger partial charge on any atom is 0.261 e. The van der Waals surface area contributed by atoms with E-state index in [0.29, 0.717) is 18.0 Å². The summed E-state index contributed by atoms with van der Waals surface area (Å²) in [6, 6.07) is 13.0. The molecule has 1 amide bonds. The lowest BCUT2D eigenvalue weighted by Gasteiger charge is -2.11. The molecule has 5 heteroatoms. The van der Waals surface area contributed by atoms with Crippen LogP contribution in [0.25, 0.3) is 0 Å². The SMILES string of the molecule is COc1cccc(CNC(=O)[C@H]2Cc3cc(Cl)ccc3O2)c1. The van der Waals surface area contributed by atoms with Crippen molar-refractivity contribution < 1.29 is 14.3 Å². The Labute approximate surface area is 134 Å². The van der Waals surface area contributed by atoms with Crippen LogP contribution in [0.4, 0.5) is 0 Å². The van der Waals surface area contributed by atoms with Crippen LogP contribution in [0, 0.1) is 0 Å². The first-order chi connectivity index (χ1) is 10.7. The minimum atomic E-state index is -0.501. The summed E-state index contributed by atoms with van der Waals surface area (Å²) in [4.78, 5) is 12.2. The zero-order valence-corrected chi connectivity index (χ0v) is 12.9. The van der Waals surface area contributed by atoms with Gasteiger partial charge in [-0.2, -0.15) is 0 Å². The molecule has 0 bridgehead atoms. The molecule has 2 aromatic carbocycles. The summed E-state index contributed by atoms with van der Waals surface area (Å²) in [7, 11) is 1.62. The van der Waals surface area contributed by atoms with Crippen molar-refractivity contribution in [3.05, 3.63) is 58.6 Å². The quantitative estimate of drug-likeness (QED) is 0.943. The molecule has 4 nitrogen and oxygen atoms in total. The van der Waals surface area contributed by atoms with Crippen LogP contribution < -0.4 is 14.8 Å². The Hall–Kier alpha value is -2.20. The van der Waals surface area contributed by atoms with Crippen LogP contribution in [0.1, 0.15) is 11.1 Å². The first-order valence-corrected chi connectivity index (χ1v) is 7.39. The molecule has 1 aliphatic heterocycles. The van der Waals surface area contributed by atoms with Crippen LogP contribution in [0.3, 0.4) is 0 Å². The number of halogens is 1. The molecular weight excluding hydrogens is 302 g/mol. The Balaban J connectivity index is 1.59. The number of rotatable bonds is 4. The molecule has 1 aliphatic rings. The predicted octanol–water partition coefficient (Wildman–Crippen LogP) is 2.97. The normalized spacial score (nSPS) is 15.8. The number of carbonyl (C=O) groups excluding carboxylic acids is 1. The van der Waals surface area contributed by atoms with Gasteiger partial charge >= 0.3 is 0 Å². The predicted molar refractivity (Wildman–Crippen MR) is 84.4 cm³/mol. The summed E-state index contributed by atoms with van der Waals surface area (Å²) >= 11 is 5.95. The van der Waals surface area contributed by atoms with Gasteiger partial charge in [-0.1, -0.05) is 23.7 Å². The lowest BCUT2D eigenvalue weighted by molar-refractivity contribution is -0.127. The van der Waals surface area contributed by atoms with Crippen molar-refractivity contribution in [3.63, 3.8) is 0 Å². The van der Waals surface area contributed by atoms with Gasteiger partial charge in [-0.25, -0.2) is 0 Å². The van der Waals surface area contributed by atoms with Crippen LogP contribution in [0.2, 0.25) is 5.02 Å². The van der Waals surface area contributed by atoms with Crippen LogP contribution in [0.5, 0.6) is 11.5 Å². The topological polar surface area (TPSA) is 47.6 Å². The highest BCUT2D eigenvalue weighted by Gasteiger charge is 2.28. The molecule has 0 radical (unpaired) electrons. The van der Waals surface area contributed by atoms with Crippen LogP contribution in [-0.4, -0.2) is 19.1 Å². The zero-order chi connectivity index (χ0) is 15.5. The van der Waals surface area contributed by atoms with Gasteiger partial charge in [0.05, 0.1) is 7.11 Å². The Morgan fingerprint density at radius 3 is 3.05 bits per heavy atom. The van der Waals surface area contributed by atoms with Crippen molar-refractivity contribution in [2.75, 3.05) is 7.11 Å². The maximum atomic E-state index is 12.2. The van der Waals surface area contributed by atoms with Gasteiger partial charge in [0, 0.05) is 18.0 Å². The lowest BCUT2D eigenvalue weighted by atomic mass is 10.1. The van der Waals surface area contributed by atoms with E-state index in [2.05, 4.69) is 5.32 Å². The number of nitrogens with one attached hydrogen (secondary N) is 1. The van der Waals surface area contributed by atoms with E-state index in [-0.39, 0.29) is 5.91 Å². The van der Waals surface area contributed by atoms with Crippen molar-refractivity contribution in [3.8, 4) is 11.5 Å². The van der Waals surface area contributed by atoms with Gasteiger partial charge < -0.3 is 14.8 Å². The molecule has 0 aliphatic carbocycles. The third-order valence-corrected chi connectivity index (χ3v) is 3.83. The number of methoxy groups -OCH3 is 1. The molecule has 114 valence electrons. The van der Waals surface area contributed by atoms with Gasteiger partial charge in [0.2, 0.25) is 0 Å². The standard InChI is InChI=1S/C17H16ClNO3/c1-21-14-4-2-3-11(7-14)10-19-17(20)16-9-12-8-13(18)5-6-15(12)22-16/h2-8,16H,9-10H2,1H3,(H,19,20)/t16-/m1/s1. The highest BCUT2D eigenvalue weighted by Crippen LogP contribution is 2.31. The summed E-state index contributed by atoms with van der Waals surface area (Å²) in [5.41, 5.74) is 1.94. The summed E-state index contributed by atoms with van der Waals surface area (Å²) in [6.07, 6.45) is 0.0406. The fourth-order valence-corrected chi connectivity index (χ4v) is 2.64. The van der Waals surface area contributed by atoms with E-state index < -0.39 is 6.10 Å². The zero-order valence-electron chi connectivity index (χ0n) is 12.1. The molecule has 2 aromatic rings.